The van der Waals surface area contributed by atoms with Crippen LogP contribution >= 0.6 is 23.2 Å². The molecule has 0 radical (unpaired) electrons. The highest BCUT2D eigenvalue weighted by Crippen LogP contribution is 2.51. The van der Waals surface area contributed by atoms with Gasteiger partial charge in [0.25, 0.3) is 0 Å². The monoisotopic (exact) mass is 321 g/mol. The molecule has 0 aromatic heterocycles. The first-order valence-electron chi connectivity index (χ1n) is 7.09. The second-order valence-corrected chi connectivity index (χ2v) is 6.79. The Morgan fingerprint density at radius 3 is 2.05 bits per heavy atom. The molecule has 2 fully saturated rings. The van der Waals surface area contributed by atoms with Crippen LogP contribution in [0.15, 0.2) is 30.4 Å². The molecule has 0 spiro atoms. The van der Waals surface area contributed by atoms with Gasteiger partial charge in [-0.05, 0) is 42.9 Å². The molecule has 3 nitrogen and oxygen atoms in total. The Morgan fingerprint density at radius 1 is 0.952 bits per heavy atom. The minimum absolute atomic E-state index is 0.131. The van der Waals surface area contributed by atoms with Crippen LogP contribution in [-0.4, -0.2) is 11.8 Å². The zero-order valence-corrected chi connectivity index (χ0v) is 12.6. The van der Waals surface area contributed by atoms with Crippen LogP contribution in [0.3, 0.4) is 0 Å². The van der Waals surface area contributed by atoms with Gasteiger partial charge in [-0.25, -0.2) is 4.90 Å². The molecule has 5 heteroatoms. The first-order valence-corrected chi connectivity index (χ1v) is 7.84. The lowest BCUT2D eigenvalue weighted by Gasteiger charge is -2.38. The number of amides is 2. The average molecular weight is 322 g/mol. The summed E-state index contributed by atoms with van der Waals surface area (Å²) >= 11 is 12.2. The lowest BCUT2D eigenvalue weighted by atomic mass is 9.63. The van der Waals surface area contributed by atoms with Gasteiger partial charge in [-0.3, -0.25) is 9.59 Å². The van der Waals surface area contributed by atoms with E-state index in [1.165, 1.54) is 4.90 Å². The Balaban J connectivity index is 1.80. The summed E-state index contributed by atoms with van der Waals surface area (Å²) in [5, 5.41) is 0.839. The molecular formula is C16H13Cl2NO2. The van der Waals surface area contributed by atoms with Crippen LogP contribution in [-0.2, 0) is 9.59 Å². The third-order valence-corrected chi connectivity index (χ3v) is 5.46. The fraction of sp³-hybridized carbons (Fsp3) is 0.375. The van der Waals surface area contributed by atoms with Crippen LogP contribution in [0.2, 0.25) is 10.0 Å². The molecule has 4 atom stereocenters. The van der Waals surface area contributed by atoms with Gasteiger partial charge in [-0.15, -0.1) is 0 Å². The molecule has 2 bridgehead atoms. The summed E-state index contributed by atoms with van der Waals surface area (Å²) < 4.78 is 0. The van der Waals surface area contributed by atoms with E-state index in [-0.39, 0.29) is 35.5 Å². The topological polar surface area (TPSA) is 37.4 Å². The van der Waals surface area contributed by atoms with E-state index in [2.05, 4.69) is 12.2 Å². The second-order valence-electron chi connectivity index (χ2n) is 5.95. The molecule has 1 aromatic carbocycles. The van der Waals surface area contributed by atoms with Crippen molar-refractivity contribution in [1.82, 2.24) is 0 Å². The molecule has 4 aliphatic rings. The van der Waals surface area contributed by atoms with Crippen LogP contribution in [0.5, 0.6) is 0 Å². The van der Waals surface area contributed by atoms with Crippen LogP contribution in [0.25, 0.3) is 0 Å². The van der Waals surface area contributed by atoms with Crippen LogP contribution in [0.1, 0.15) is 12.8 Å². The number of nitrogens with zero attached hydrogens (tertiary/aromatic N) is 1. The quantitative estimate of drug-likeness (QED) is 0.584. The molecule has 3 aliphatic carbocycles. The molecule has 0 N–H and O–H groups in total. The van der Waals surface area contributed by atoms with Gasteiger partial charge in [0.15, 0.2) is 0 Å². The van der Waals surface area contributed by atoms with Gasteiger partial charge >= 0.3 is 0 Å². The highest BCUT2D eigenvalue weighted by atomic mass is 35.5. The molecule has 2 amide bonds. The molecule has 0 unspecified atom stereocenters. The highest BCUT2D eigenvalue weighted by Gasteiger charge is 2.57. The minimum atomic E-state index is -0.226. The number of imide groups is 1. The number of hydrogen-bond donors (Lipinski definition) is 0. The number of halogens is 2. The van der Waals surface area contributed by atoms with Crippen molar-refractivity contribution in [2.24, 2.45) is 23.7 Å². The van der Waals surface area contributed by atoms with E-state index in [0.717, 1.165) is 12.8 Å². The summed E-state index contributed by atoms with van der Waals surface area (Å²) in [5.74, 6) is -0.354. The largest absolute Gasteiger partial charge is 0.274 e. The molecule has 5 rings (SSSR count). The van der Waals surface area contributed by atoms with E-state index in [1.807, 2.05) is 0 Å². The smallest absolute Gasteiger partial charge is 0.238 e. The summed E-state index contributed by atoms with van der Waals surface area (Å²) in [5.41, 5.74) is 0.410. The van der Waals surface area contributed by atoms with Gasteiger partial charge in [-0.1, -0.05) is 35.4 Å². The summed E-state index contributed by atoms with van der Waals surface area (Å²) in [6.45, 7) is 0. The van der Waals surface area contributed by atoms with Crippen molar-refractivity contribution >= 4 is 40.7 Å². The van der Waals surface area contributed by atoms with Crippen molar-refractivity contribution in [1.29, 1.82) is 0 Å². The summed E-state index contributed by atoms with van der Waals surface area (Å²) in [4.78, 5) is 26.8. The average Bonchev–Trinajstić information content (AvgIpc) is 2.77. The SMILES string of the molecule is O=C1[C@@H]2[C@@H](C(=O)N1c1cc(Cl)ccc1Cl)[C@@H]1C=C[C@@H]2CC1. The van der Waals surface area contributed by atoms with E-state index >= 15 is 0 Å². The number of benzene rings is 1. The molecule has 21 heavy (non-hydrogen) atoms. The number of rotatable bonds is 1. The number of anilines is 1. The van der Waals surface area contributed by atoms with Crippen molar-refractivity contribution < 1.29 is 9.59 Å². The number of carbonyl (C=O) groups excluding carboxylic acids is 2. The number of hydrogen-bond acceptors (Lipinski definition) is 2. The van der Waals surface area contributed by atoms with Crippen molar-refractivity contribution in [3.63, 3.8) is 0 Å². The maximum Gasteiger partial charge on any atom is 0.238 e. The van der Waals surface area contributed by atoms with Crippen LogP contribution in [0.4, 0.5) is 5.69 Å². The number of allylic oxidation sites excluding steroid dienone is 2. The van der Waals surface area contributed by atoms with Crippen LogP contribution < -0.4 is 4.90 Å². The second kappa shape index (κ2) is 4.59. The lowest BCUT2D eigenvalue weighted by molar-refractivity contribution is -0.124. The Morgan fingerprint density at radius 2 is 1.52 bits per heavy atom. The predicted molar refractivity (Wildman–Crippen MR) is 81.3 cm³/mol. The van der Waals surface area contributed by atoms with Gasteiger partial charge in [0, 0.05) is 5.02 Å². The highest BCUT2D eigenvalue weighted by molar-refractivity contribution is 6.37. The maximum absolute atomic E-state index is 12.8. The van der Waals surface area contributed by atoms with Gasteiger partial charge in [0.1, 0.15) is 0 Å². The molecule has 1 saturated carbocycles. The fourth-order valence-corrected chi connectivity index (χ4v) is 4.34. The van der Waals surface area contributed by atoms with Crippen molar-refractivity contribution in [3.8, 4) is 0 Å². The molecule has 1 saturated heterocycles. The van der Waals surface area contributed by atoms with E-state index in [0.29, 0.717) is 15.7 Å². The molecule has 1 heterocycles. The third kappa shape index (κ3) is 1.80. The van der Waals surface area contributed by atoms with E-state index in [9.17, 15) is 9.59 Å². The maximum atomic E-state index is 12.8. The number of carbonyl (C=O) groups is 2. The normalized spacial score (nSPS) is 33.7. The van der Waals surface area contributed by atoms with Gasteiger partial charge in [0.05, 0.1) is 22.5 Å². The van der Waals surface area contributed by atoms with E-state index < -0.39 is 0 Å². The molecular weight excluding hydrogens is 309 g/mol. The Labute approximate surface area is 132 Å². The zero-order valence-electron chi connectivity index (χ0n) is 11.1. The predicted octanol–water partition coefficient (Wildman–Crippen LogP) is 3.70. The van der Waals surface area contributed by atoms with E-state index in [4.69, 9.17) is 23.2 Å². The summed E-state index contributed by atoms with van der Waals surface area (Å²) in [6, 6.07) is 4.86. The standard InChI is InChI=1S/C16H13Cl2NO2/c17-10-5-6-11(18)12(7-10)19-15(20)13-8-1-2-9(4-3-8)14(13)16(19)21/h1-2,5-9,13-14H,3-4H2/t8-,9-,13+,14+/m1/s1. The van der Waals surface area contributed by atoms with Crippen molar-refractivity contribution in [2.45, 2.75) is 12.8 Å². The van der Waals surface area contributed by atoms with Gasteiger partial charge < -0.3 is 0 Å². The zero-order chi connectivity index (χ0) is 14.7. The van der Waals surface area contributed by atoms with E-state index in [1.54, 1.807) is 18.2 Å². The van der Waals surface area contributed by atoms with Gasteiger partial charge in [-0.2, -0.15) is 0 Å². The fourth-order valence-electron chi connectivity index (χ4n) is 3.97. The van der Waals surface area contributed by atoms with Crippen molar-refractivity contribution in [2.75, 3.05) is 4.90 Å². The van der Waals surface area contributed by atoms with Crippen molar-refractivity contribution in [3.05, 3.63) is 40.4 Å². The first-order chi connectivity index (χ1) is 10.1. The Bertz CT molecular complexity index is 653. The first kappa shape index (κ1) is 13.4. The summed E-state index contributed by atoms with van der Waals surface area (Å²) in [7, 11) is 0. The molecule has 108 valence electrons. The van der Waals surface area contributed by atoms with Crippen LogP contribution in [0, 0.1) is 23.7 Å². The molecule has 1 aromatic rings. The third-order valence-electron chi connectivity index (χ3n) is 4.91. The minimum Gasteiger partial charge on any atom is -0.274 e. The van der Waals surface area contributed by atoms with Gasteiger partial charge in [0.2, 0.25) is 11.8 Å². The molecule has 1 aliphatic heterocycles. The number of fused-ring (bicyclic) bond motifs is 1. The lowest BCUT2D eigenvalue weighted by Crippen LogP contribution is -2.38. The Hall–Kier alpha value is -1.32. The Kier molecular flexibility index (Phi) is 2.92. The summed E-state index contributed by atoms with van der Waals surface area (Å²) in [6.07, 6.45) is 6.17.